The van der Waals surface area contributed by atoms with Crippen LogP contribution in [0.3, 0.4) is 0 Å². The lowest BCUT2D eigenvalue weighted by atomic mass is 10.1. The Hall–Kier alpha value is -0.0800. The molecule has 0 aromatic carbocycles. The van der Waals surface area contributed by atoms with Crippen molar-refractivity contribution in [2.24, 2.45) is 0 Å². The summed E-state index contributed by atoms with van der Waals surface area (Å²) in [6.45, 7) is 3.44. The molecule has 0 aliphatic heterocycles. The molecule has 104 valence electrons. The summed E-state index contributed by atoms with van der Waals surface area (Å²) in [4.78, 5) is 0. The van der Waals surface area contributed by atoms with Gasteiger partial charge in [-0.15, -0.1) is 0 Å². The molecule has 0 heterocycles. The van der Waals surface area contributed by atoms with Gasteiger partial charge in [0.1, 0.15) is 6.79 Å². The average Bonchev–Trinajstić information content (AvgIpc) is 2.38. The molecule has 0 amide bonds. The van der Waals surface area contributed by atoms with Crippen molar-refractivity contribution in [2.75, 3.05) is 20.5 Å². The van der Waals surface area contributed by atoms with E-state index in [0.717, 1.165) is 25.9 Å². The van der Waals surface area contributed by atoms with Gasteiger partial charge in [-0.3, -0.25) is 0 Å². The van der Waals surface area contributed by atoms with Crippen LogP contribution in [0.2, 0.25) is 0 Å². The molecule has 2 nitrogen and oxygen atoms in total. The minimum Gasteiger partial charge on any atom is -0.359 e. The molecule has 0 aliphatic carbocycles. The zero-order chi connectivity index (χ0) is 13.5. The smallest absolute Gasteiger partial charge is 0.146 e. The maximum absolute atomic E-state index is 7.86. The van der Waals surface area contributed by atoms with Crippen LogP contribution in [0.4, 0.5) is 0 Å². The summed E-state index contributed by atoms with van der Waals surface area (Å²) in [7, 11) is 1.65. The number of unbranched alkanes of at least 4 members (excludes halogenated alkanes) is 6. The lowest BCUT2D eigenvalue weighted by molar-refractivity contribution is -0.0315. The Morgan fingerprint density at radius 2 is 1.41 bits per heavy atom. The number of rotatable bonds is 14. The lowest BCUT2D eigenvalue weighted by Crippen LogP contribution is -1.98. The molecule has 0 rings (SSSR count). The quantitative estimate of drug-likeness (QED) is 0.319. The van der Waals surface area contributed by atoms with Crippen molar-refractivity contribution in [1.29, 1.82) is 0 Å². The van der Waals surface area contributed by atoms with Crippen molar-refractivity contribution >= 4 is 0 Å². The normalized spacial score (nSPS) is 13.6. The minimum atomic E-state index is 0.187. The highest BCUT2D eigenvalue weighted by atomic mass is 16.7. The molecule has 0 spiro atoms. The van der Waals surface area contributed by atoms with Crippen molar-refractivity contribution in [1.82, 2.24) is 0 Å². The SMILES string of the molecule is [2H][C@H](CCCC)CCCCCCCCOCOC. The van der Waals surface area contributed by atoms with Gasteiger partial charge in [0, 0.05) is 15.1 Å². The maximum Gasteiger partial charge on any atom is 0.146 e. The fourth-order valence-electron chi connectivity index (χ4n) is 1.83. The molecule has 0 saturated heterocycles. The second-order valence-corrected chi connectivity index (χ2v) is 4.66. The van der Waals surface area contributed by atoms with E-state index >= 15 is 0 Å². The van der Waals surface area contributed by atoms with E-state index in [1.54, 1.807) is 7.11 Å². The van der Waals surface area contributed by atoms with Crippen LogP contribution in [-0.4, -0.2) is 20.5 Å². The third-order valence-electron chi connectivity index (χ3n) is 2.91. The van der Waals surface area contributed by atoms with E-state index < -0.39 is 0 Å². The van der Waals surface area contributed by atoms with Gasteiger partial charge in [0.15, 0.2) is 0 Å². The van der Waals surface area contributed by atoms with E-state index in [0.29, 0.717) is 6.79 Å². The third kappa shape index (κ3) is 15.9. The summed E-state index contributed by atoms with van der Waals surface area (Å²) in [6, 6.07) is 0. The van der Waals surface area contributed by atoms with Gasteiger partial charge in [-0.1, -0.05) is 71.1 Å². The van der Waals surface area contributed by atoms with E-state index in [9.17, 15) is 0 Å². The molecule has 1 atom stereocenters. The molecule has 2 heteroatoms. The summed E-state index contributed by atoms with van der Waals surface area (Å²) in [5, 5.41) is 0. The van der Waals surface area contributed by atoms with E-state index in [1.807, 2.05) is 0 Å². The zero-order valence-corrected chi connectivity index (χ0v) is 11.9. The van der Waals surface area contributed by atoms with Crippen LogP contribution in [-0.2, 0) is 9.47 Å². The van der Waals surface area contributed by atoms with Crippen LogP contribution >= 0.6 is 0 Å². The predicted molar refractivity (Wildman–Crippen MR) is 74.3 cm³/mol. The Balaban J connectivity index is 3.02. The number of hydrogen-bond acceptors (Lipinski definition) is 2. The monoisotopic (exact) mass is 245 g/mol. The highest BCUT2D eigenvalue weighted by molar-refractivity contribution is 4.47. The molecule has 0 aromatic heterocycles. The highest BCUT2D eigenvalue weighted by Gasteiger charge is 1.93. The molecule has 0 saturated carbocycles. The largest absolute Gasteiger partial charge is 0.359 e. The molecule has 17 heavy (non-hydrogen) atoms. The second-order valence-electron chi connectivity index (χ2n) is 4.66. The summed E-state index contributed by atoms with van der Waals surface area (Å²) < 4.78 is 17.9. The van der Waals surface area contributed by atoms with Crippen molar-refractivity contribution in [3.05, 3.63) is 0 Å². The first kappa shape index (κ1) is 15.0. The Bertz CT molecular complexity index is 153. The van der Waals surface area contributed by atoms with Crippen LogP contribution in [0.1, 0.15) is 78.9 Å². The van der Waals surface area contributed by atoms with Crippen molar-refractivity contribution in [3.8, 4) is 0 Å². The topological polar surface area (TPSA) is 18.5 Å². The molecule has 0 radical (unpaired) electrons. The van der Waals surface area contributed by atoms with Gasteiger partial charge in [0.05, 0.1) is 0 Å². The minimum absolute atomic E-state index is 0.187. The van der Waals surface area contributed by atoms with Gasteiger partial charge < -0.3 is 9.47 Å². The van der Waals surface area contributed by atoms with Crippen LogP contribution in [0, 0.1) is 0 Å². The first-order valence-corrected chi connectivity index (χ1v) is 7.30. The van der Waals surface area contributed by atoms with Crippen LogP contribution in [0.15, 0.2) is 0 Å². The van der Waals surface area contributed by atoms with Gasteiger partial charge in [-0.2, -0.15) is 0 Å². The summed E-state index contributed by atoms with van der Waals surface area (Å²) >= 11 is 0. The zero-order valence-electron chi connectivity index (χ0n) is 12.9. The Morgan fingerprint density at radius 1 is 0.824 bits per heavy atom. The Morgan fingerprint density at radius 3 is 2.06 bits per heavy atom. The van der Waals surface area contributed by atoms with Crippen LogP contribution in [0.25, 0.3) is 0 Å². The van der Waals surface area contributed by atoms with E-state index in [2.05, 4.69) is 6.92 Å². The van der Waals surface area contributed by atoms with Gasteiger partial charge >= 0.3 is 0 Å². The van der Waals surface area contributed by atoms with E-state index in [-0.39, 0.29) is 6.40 Å². The summed E-state index contributed by atoms with van der Waals surface area (Å²) in [6.07, 6.45) is 12.3. The molecule has 0 bridgehead atoms. The average molecular weight is 245 g/mol. The Kier molecular flexibility index (Phi) is 14.0. The number of hydrogen-bond donors (Lipinski definition) is 0. The van der Waals surface area contributed by atoms with Crippen LogP contribution in [0.5, 0.6) is 0 Å². The van der Waals surface area contributed by atoms with Gasteiger partial charge in [0.25, 0.3) is 0 Å². The molecule has 0 unspecified atom stereocenters. The molecular formula is C15H32O2. The Labute approximate surface area is 109 Å². The van der Waals surface area contributed by atoms with Gasteiger partial charge in [-0.05, 0) is 6.42 Å². The first-order chi connectivity index (χ1) is 8.81. The van der Waals surface area contributed by atoms with Gasteiger partial charge in [0.2, 0.25) is 0 Å². The van der Waals surface area contributed by atoms with E-state index in [4.69, 9.17) is 10.8 Å². The van der Waals surface area contributed by atoms with E-state index in [1.165, 1.54) is 44.9 Å². The second kappa shape index (κ2) is 15.9. The molecule has 0 fully saturated rings. The number of ether oxygens (including phenoxy) is 2. The van der Waals surface area contributed by atoms with Gasteiger partial charge in [-0.25, -0.2) is 0 Å². The summed E-state index contributed by atoms with van der Waals surface area (Å²) in [5.74, 6) is 0. The maximum atomic E-state index is 7.86. The predicted octanol–water partition coefficient (Wildman–Crippen LogP) is 4.92. The van der Waals surface area contributed by atoms with Crippen molar-refractivity contribution < 1.29 is 10.8 Å². The molecule has 0 N–H and O–H groups in total. The molecular weight excluding hydrogens is 212 g/mol. The van der Waals surface area contributed by atoms with Crippen molar-refractivity contribution in [2.45, 2.75) is 77.5 Å². The standard InChI is InChI=1S/C15H32O2/c1-3-4-5-6-7-8-9-10-11-12-13-14-17-15-16-2/h3-15H2,1-2H3/i6D/t6-/m1/s1. The molecule has 0 aromatic rings. The first-order valence-electron chi connectivity index (χ1n) is 7.88. The third-order valence-corrected chi connectivity index (χ3v) is 2.91. The van der Waals surface area contributed by atoms with Crippen LogP contribution < -0.4 is 0 Å². The fraction of sp³-hybridized carbons (Fsp3) is 1.00. The molecule has 0 aliphatic rings. The number of methoxy groups -OCH3 is 1. The summed E-state index contributed by atoms with van der Waals surface area (Å²) in [5.41, 5.74) is 0. The highest BCUT2D eigenvalue weighted by Crippen LogP contribution is 2.11. The lowest BCUT2D eigenvalue weighted by Gasteiger charge is -2.03. The fourth-order valence-corrected chi connectivity index (χ4v) is 1.83. The van der Waals surface area contributed by atoms with Crippen molar-refractivity contribution in [3.63, 3.8) is 0 Å².